The number of esters is 1. The summed E-state index contributed by atoms with van der Waals surface area (Å²) >= 11 is 1.46. The van der Waals surface area contributed by atoms with Crippen molar-refractivity contribution in [3.8, 4) is 0 Å². The molecule has 122 valence electrons. The smallest absolute Gasteiger partial charge is 0.337 e. The molecular formula is C18H16N2O3S. The van der Waals surface area contributed by atoms with Crippen molar-refractivity contribution in [1.82, 2.24) is 9.55 Å². The largest absolute Gasteiger partial charge is 0.465 e. The molecule has 0 spiro atoms. The summed E-state index contributed by atoms with van der Waals surface area (Å²) in [6, 6.07) is 14.5. The van der Waals surface area contributed by atoms with Crippen LogP contribution < -0.4 is 5.56 Å². The average Bonchev–Trinajstić information content (AvgIpc) is 2.63. The summed E-state index contributed by atoms with van der Waals surface area (Å²) in [5, 5.41) is 1.25. The van der Waals surface area contributed by atoms with E-state index in [1.165, 1.54) is 18.9 Å². The number of carbonyl (C=O) groups excluding carboxylic acids is 1. The highest BCUT2D eigenvalue weighted by Crippen LogP contribution is 2.22. The van der Waals surface area contributed by atoms with E-state index in [1.807, 2.05) is 30.3 Å². The number of methoxy groups -OCH3 is 1. The Kier molecular flexibility index (Phi) is 4.66. The number of aromatic nitrogens is 2. The van der Waals surface area contributed by atoms with E-state index in [0.717, 1.165) is 5.56 Å². The van der Waals surface area contributed by atoms with Crippen molar-refractivity contribution < 1.29 is 9.53 Å². The van der Waals surface area contributed by atoms with E-state index in [0.29, 0.717) is 27.4 Å². The van der Waals surface area contributed by atoms with Gasteiger partial charge in [-0.1, -0.05) is 36.0 Å². The number of fused-ring (bicyclic) bond motifs is 1. The van der Waals surface area contributed by atoms with Gasteiger partial charge in [0.25, 0.3) is 5.56 Å². The molecule has 0 saturated heterocycles. The lowest BCUT2D eigenvalue weighted by Crippen LogP contribution is -2.19. The van der Waals surface area contributed by atoms with Gasteiger partial charge in [0, 0.05) is 12.8 Å². The normalized spacial score (nSPS) is 10.8. The first-order valence-electron chi connectivity index (χ1n) is 7.36. The zero-order valence-corrected chi connectivity index (χ0v) is 14.2. The maximum absolute atomic E-state index is 12.4. The molecule has 1 heterocycles. The number of thioether (sulfide) groups is 1. The molecule has 0 unspecified atom stereocenters. The van der Waals surface area contributed by atoms with Crippen LogP contribution in [0.15, 0.2) is 58.5 Å². The van der Waals surface area contributed by atoms with Gasteiger partial charge in [-0.25, -0.2) is 9.78 Å². The molecule has 5 nitrogen and oxygen atoms in total. The molecule has 3 aromatic rings. The van der Waals surface area contributed by atoms with E-state index in [2.05, 4.69) is 4.98 Å². The summed E-state index contributed by atoms with van der Waals surface area (Å²) in [4.78, 5) is 28.5. The molecule has 0 aliphatic rings. The van der Waals surface area contributed by atoms with Gasteiger partial charge >= 0.3 is 5.97 Å². The third-order valence-corrected chi connectivity index (χ3v) is 4.76. The van der Waals surface area contributed by atoms with Crippen LogP contribution in [0.3, 0.4) is 0 Å². The number of hydrogen-bond acceptors (Lipinski definition) is 5. The van der Waals surface area contributed by atoms with Gasteiger partial charge in [0.1, 0.15) is 0 Å². The minimum atomic E-state index is -0.363. The Morgan fingerprint density at radius 2 is 2.00 bits per heavy atom. The zero-order valence-electron chi connectivity index (χ0n) is 13.4. The van der Waals surface area contributed by atoms with Crippen LogP contribution in [0.25, 0.3) is 10.9 Å². The van der Waals surface area contributed by atoms with Gasteiger partial charge in [0.15, 0.2) is 5.16 Å². The van der Waals surface area contributed by atoms with Gasteiger partial charge < -0.3 is 4.74 Å². The summed E-state index contributed by atoms with van der Waals surface area (Å²) in [5.41, 5.74) is 2.10. The quantitative estimate of drug-likeness (QED) is 0.415. The molecular weight excluding hydrogens is 324 g/mol. The van der Waals surface area contributed by atoms with E-state index in [1.54, 1.807) is 29.8 Å². The standard InChI is InChI=1S/C18H16N2O3S/c1-20-16(21)14-8-3-4-9-15(14)19-18(20)24-11-12-6-5-7-13(10-12)17(22)23-2/h3-10H,11H2,1-2H3. The first-order valence-corrected chi connectivity index (χ1v) is 8.34. The number of para-hydroxylation sites is 1. The number of rotatable bonds is 4. The molecule has 6 heteroatoms. The highest BCUT2D eigenvalue weighted by Gasteiger charge is 2.10. The van der Waals surface area contributed by atoms with Crippen LogP contribution in [0.1, 0.15) is 15.9 Å². The minimum absolute atomic E-state index is 0.0635. The van der Waals surface area contributed by atoms with E-state index in [4.69, 9.17) is 4.74 Å². The molecule has 2 aromatic carbocycles. The number of benzene rings is 2. The summed E-state index contributed by atoms with van der Waals surface area (Å²) in [7, 11) is 3.08. The van der Waals surface area contributed by atoms with E-state index < -0.39 is 0 Å². The SMILES string of the molecule is COC(=O)c1cccc(CSc2nc3ccccc3c(=O)n2C)c1. The molecule has 0 fully saturated rings. The molecule has 0 bridgehead atoms. The third-order valence-electron chi connectivity index (χ3n) is 3.66. The Hall–Kier alpha value is -2.60. The lowest BCUT2D eigenvalue weighted by atomic mass is 10.1. The molecule has 0 N–H and O–H groups in total. The van der Waals surface area contributed by atoms with E-state index >= 15 is 0 Å². The van der Waals surface area contributed by atoms with Crippen LogP contribution in [0.4, 0.5) is 0 Å². The lowest BCUT2D eigenvalue weighted by molar-refractivity contribution is 0.0600. The second-order valence-electron chi connectivity index (χ2n) is 5.26. The van der Waals surface area contributed by atoms with Gasteiger partial charge in [-0.3, -0.25) is 9.36 Å². The van der Waals surface area contributed by atoms with Crippen LogP contribution in [-0.2, 0) is 17.5 Å². The molecule has 3 rings (SSSR count). The molecule has 24 heavy (non-hydrogen) atoms. The van der Waals surface area contributed by atoms with Crippen molar-refractivity contribution in [3.63, 3.8) is 0 Å². The lowest BCUT2D eigenvalue weighted by Gasteiger charge is -2.09. The molecule has 1 aromatic heterocycles. The Bertz CT molecular complexity index is 966. The van der Waals surface area contributed by atoms with Crippen LogP contribution >= 0.6 is 11.8 Å². The predicted octanol–water partition coefficient (Wildman–Crippen LogP) is 3.01. The highest BCUT2D eigenvalue weighted by atomic mass is 32.2. The maximum Gasteiger partial charge on any atom is 0.337 e. The molecule has 0 aliphatic carbocycles. The fraction of sp³-hybridized carbons (Fsp3) is 0.167. The average molecular weight is 340 g/mol. The number of hydrogen-bond donors (Lipinski definition) is 0. The van der Waals surface area contributed by atoms with E-state index in [-0.39, 0.29) is 11.5 Å². The zero-order chi connectivity index (χ0) is 17.1. The Balaban J connectivity index is 1.87. The summed E-state index contributed by atoms with van der Waals surface area (Å²) in [6.07, 6.45) is 0. The van der Waals surface area contributed by atoms with Crippen molar-refractivity contribution in [1.29, 1.82) is 0 Å². The monoisotopic (exact) mass is 340 g/mol. The van der Waals surface area contributed by atoms with Crippen molar-refractivity contribution >= 4 is 28.6 Å². The van der Waals surface area contributed by atoms with Gasteiger partial charge in [0.05, 0.1) is 23.6 Å². The van der Waals surface area contributed by atoms with Gasteiger partial charge in [-0.05, 0) is 29.8 Å². The van der Waals surface area contributed by atoms with E-state index in [9.17, 15) is 9.59 Å². The Labute approximate surface area is 143 Å². The first kappa shape index (κ1) is 16.3. The van der Waals surface area contributed by atoms with Gasteiger partial charge in [-0.2, -0.15) is 0 Å². The number of nitrogens with zero attached hydrogens (tertiary/aromatic N) is 2. The predicted molar refractivity (Wildman–Crippen MR) is 94.3 cm³/mol. The fourth-order valence-electron chi connectivity index (χ4n) is 2.38. The molecule has 0 saturated carbocycles. The van der Waals surface area contributed by atoms with Crippen molar-refractivity contribution in [2.75, 3.05) is 7.11 Å². The Morgan fingerprint density at radius 1 is 1.21 bits per heavy atom. The topological polar surface area (TPSA) is 61.2 Å². The maximum atomic E-state index is 12.4. The van der Waals surface area contributed by atoms with Crippen molar-refractivity contribution in [2.24, 2.45) is 7.05 Å². The number of carbonyl (C=O) groups is 1. The first-order chi connectivity index (χ1) is 11.6. The van der Waals surface area contributed by atoms with Crippen molar-refractivity contribution in [3.05, 3.63) is 70.0 Å². The van der Waals surface area contributed by atoms with Gasteiger partial charge in [0.2, 0.25) is 0 Å². The van der Waals surface area contributed by atoms with Crippen LogP contribution in [0.5, 0.6) is 0 Å². The molecule has 0 aliphatic heterocycles. The van der Waals surface area contributed by atoms with Crippen LogP contribution in [-0.4, -0.2) is 22.6 Å². The minimum Gasteiger partial charge on any atom is -0.465 e. The molecule has 0 amide bonds. The number of ether oxygens (including phenoxy) is 1. The summed E-state index contributed by atoms with van der Waals surface area (Å²) < 4.78 is 6.29. The molecule has 0 radical (unpaired) electrons. The van der Waals surface area contributed by atoms with Crippen molar-refractivity contribution in [2.45, 2.75) is 10.9 Å². The summed E-state index contributed by atoms with van der Waals surface area (Å²) in [5.74, 6) is 0.238. The van der Waals surface area contributed by atoms with Crippen LogP contribution in [0, 0.1) is 0 Å². The third kappa shape index (κ3) is 3.19. The fourth-order valence-corrected chi connectivity index (χ4v) is 3.30. The molecule has 0 atom stereocenters. The second kappa shape index (κ2) is 6.88. The highest BCUT2D eigenvalue weighted by molar-refractivity contribution is 7.98. The second-order valence-corrected chi connectivity index (χ2v) is 6.20. The van der Waals surface area contributed by atoms with Crippen LogP contribution in [0.2, 0.25) is 0 Å². The Morgan fingerprint density at radius 3 is 2.79 bits per heavy atom. The van der Waals surface area contributed by atoms with Gasteiger partial charge in [-0.15, -0.1) is 0 Å². The summed E-state index contributed by atoms with van der Waals surface area (Å²) in [6.45, 7) is 0.